The molecule has 0 radical (unpaired) electrons. The Labute approximate surface area is 166 Å². The van der Waals surface area contributed by atoms with E-state index in [9.17, 15) is 13.2 Å². The van der Waals surface area contributed by atoms with E-state index in [1.807, 2.05) is 48.0 Å². The summed E-state index contributed by atoms with van der Waals surface area (Å²) in [5.74, 6) is 0. The predicted molar refractivity (Wildman–Crippen MR) is 108 cm³/mol. The lowest BCUT2D eigenvalue weighted by molar-refractivity contribution is -0.208. The van der Waals surface area contributed by atoms with Crippen molar-refractivity contribution in [2.75, 3.05) is 6.54 Å². The third kappa shape index (κ3) is 4.31. The van der Waals surface area contributed by atoms with Gasteiger partial charge in [0.05, 0.1) is 11.1 Å². The molecule has 0 atom stereocenters. The van der Waals surface area contributed by atoms with Crippen LogP contribution in [0.5, 0.6) is 0 Å². The molecule has 8 heteroatoms. The van der Waals surface area contributed by atoms with E-state index in [1.54, 1.807) is 6.20 Å². The van der Waals surface area contributed by atoms with Crippen molar-refractivity contribution in [3.8, 4) is 11.3 Å². The number of alkyl halides is 3. The van der Waals surface area contributed by atoms with Crippen molar-refractivity contribution in [2.24, 2.45) is 5.41 Å². The number of rotatable bonds is 6. The first-order valence-electron chi connectivity index (χ1n) is 9.04. The predicted octanol–water partition coefficient (Wildman–Crippen LogP) is 4.87. The molecule has 3 rings (SSSR count). The number of pyridine rings is 2. The summed E-state index contributed by atoms with van der Waals surface area (Å²) in [4.78, 5) is 8.89. The fraction of sp³-hybridized carbons (Fsp3) is 0.286. The SMILES string of the molecule is Cc1ccc(/C(C=N)=C/NCC(C)(C)C(F)(F)F)c(-c2ccn3ccnc3c2)n1. The Bertz CT molecular complexity index is 1060. The summed E-state index contributed by atoms with van der Waals surface area (Å²) >= 11 is 0. The third-order valence-electron chi connectivity index (χ3n) is 4.74. The lowest BCUT2D eigenvalue weighted by Gasteiger charge is -2.27. The molecular formula is C21H22F3N5. The number of nitrogens with zero attached hydrogens (tertiary/aromatic N) is 3. The van der Waals surface area contributed by atoms with Crippen LogP contribution in [-0.2, 0) is 0 Å². The number of fused-ring (bicyclic) bond motifs is 1. The Hall–Kier alpha value is -3.16. The van der Waals surface area contributed by atoms with Crippen LogP contribution in [0.25, 0.3) is 22.5 Å². The highest BCUT2D eigenvalue weighted by atomic mass is 19.4. The first-order chi connectivity index (χ1) is 13.6. The maximum absolute atomic E-state index is 13.1. The van der Waals surface area contributed by atoms with Crippen molar-refractivity contribution in [3.63, 3.8) is 0 Å². The van der Waals surface area contributed by atoms with Gasteiger partial charge in [-0.25, -0.2) is 4.98 Å². The van der Waals surface area contributed by atoms with Crippen molar-refractivity contribution in [2.45, 2.75) is 26.9 Å². The minimum absolute atomic E-state index is 0.303. The molecule has 0 aromatic carbocycles. The topological polar surface area (TPSA) is 66.1 Å². The second kappa shape index (κ2) is 7.69. The van der Waals surface area contributed by atoms with E-state index < -0.39 is 11.6 Å². The van der Waals surface area contributed by atoms with Crippen LogP contribution in [0.2, 0.25) is 0 Å². The highest BCUT2D eigenvalue weighted by molar-refractivity contribution is 6.10. The molecule has 0 amide bonds. The fourth-order valence-corrected chi connectivity index (χ4v) is 2.78. The normalized spacial score (nSPS) is 13.0. The Kier molecular flexibility index (Phi) is 5.46. The lowest BCUT2D eigenvalue weighted by atomic mass is 9.93. The second-order valence-corrected chi connectivity index (χ2v) is 7.46. The average molecular weight is 401 g/mol. The van der Waals surface area contributed by atoms with Gasteiger partial charge in [-0.3, -0.25) is 4.98 Å². The summed E-state index contributed by atoms with van der Waals surface area (Å²) < 4.78 is 41.1. The molecule has 0 fully saturated rings. The molecule has 0 aliphatic rings. The monoisotopic (exact) mass is 401 g/mol. The molecule has 5 nitrogen and oxygen atoms in total. The van der Waals surface area contributed by atoms with Gasteiger partial charge in [0, 0.05) is 59.9 Å². The van der Waals surface area contributed by atoms with Crippen LogP contribution in [0, 0.1) is 17.7 Å². The van der Waals surface area contributed by atoms with Crippen molar-refractivity contribution in [1.29, 1.82) is 5.41 Å². The maximum atomic E-state index is 13.1. The van der Waals surface area contributed by atoms with Gasteiger partial charge in [-0.2, -0.15) is 13.2 Å². The number of aromatic nitrogens is 3. The highest BCUT2D eigenvalue weighted by Gasteiger charge is 2.46. The zero-order valence-electron chi connectivity index (χ0n) is 16.4. The van der Waals surface area contributed by atoms with E-state index in [-0.39, 0.29) is 6.54 Å². The van der Waals surface area contributed by atoms with Gasteiger partial charge in [0.1, 0.15) is 5.65 Å². The number of halogens is 3. The first kappa shape index (κ1) is 20.6. The van der Waals surface area contributed by atoms with Gasteiger partial charge in [-0.15, -0.1) is 0 Å². The van der Waals surface area contributed by atoms with Gasteiger partial charge < -0.3 is 15.1 Å². The van der Waals surface area contributed by atoms with Gasteiger partial charge in [-0.1, -0.05) is 6.07 Å². The van der Waals surface area contributed by atoms with Crippen LogP contribution in [0.3, 0.4) is 0 Å². The van der Waals surface area contributed by atoms with Gasteiger partial charge >= 0.3 is 6.18 Å². The number of hydrogen-bond acceptors (Lipinski definition) is 4. The molecule has 2 N–H and O–H groups in total. The van der Waals surface area contributed by atoms with Gasteiger partial charge in [0.25, 0.3) is 0 Å². The van der Waals surface area contributed by atoms with Crippen molar-refractivity contribution >= 4 is 17.4 Å². The average Bonchev–Trinajstić information content (AvgIpc) is 3.12. The minimum Gasteiger partial charge on any atom is -0.389 e. The summed E-state index contributed by atoms with van der Waals surface area (Å²) in [6.07, 6.45) is 3.61. The van der Waals surface area contributed by atoms with Crippen LogP contribution in [-0.4, -0.2) is 33.3 Å². The van der Waals surface area contributed by atoms with E-state index >= 15 is 0 Å². The van der Waals surface area contributed by atoms with Crippen LogP contribution in [0.4, 0.5) is 13.2 Å². The Balaban J connectivity index is 1.97. The molecule has 29 heavy (non-hydrogen) atoms. The molecule has 3 heterocycles. The number of hydrogen-bond donors (Lipinski definition) is 2. The zero-order chi connectivity index (χ0) is 21.2. The van der Waals surface area contributed by atoms with E-state index in [2.05, 4.69) is 15.3 Å². The number of imidazole rings is 1. The molecular weight excluding hydrogens is 379 g/mol. The van der Waals surface area contributed by atoms with E-state index in [0.29, 0.717) is 16.8 Å². The summed E-state index contributed by atoms with van der Waals surface area (Å²) in [5.41, 5.74) is 2.20. The van der Waals surface area contributed by atoms with Gasteiger partial charge in [0.15, 0.2) is 0 Å². The van der Waals surface area contributed by atoms with Crippen molar-refractivity contribution < 1.29 is 13.2 Å². The van der Waals surface area contributed by atoms with Crippen LogP contribution in [0.15, 0.2) is 49.1 Å². The number of nitrogens with one attached hydrogen (secondary N) is 2. The van der Waals surface area contributed by atoms with E-state index in [0.717, 1.165) is 37.0 Å². The molecule has 0 spiro atoms. The number of aryl methyl sites for hydroxylation is 1. The fourth-order valence-electron chi connectivity index (χ4n) is 2.78. The van der Waals surface area contributed by atoms with Crippen molar-refractivity contribution in [1.82, 2.24) is 19.7 Å². The molecule has 152 valence electrons. The quantitative estimate of drug-likeness (QED) is 0.579. The minimum atomic E-state index is -4.32. The molecule has 3 aromatic heterocycles. The summed E-state index contributed by atoms with van der Waals surface area (Å²) in [5, 5.41) is 10.5. The van der Waals surface area contributed by atoms with Crippen LogP contribution in [0.1, 0.15) is 25.1 Å². The summed E-state index contributed by atoms with van der Waals surface area (Å²) in [7, 11) is 0. The van der Waals surface area contributed by atoms with E-state index in [1.165, 1.54) is 6.20 Å². The molecule has 0 unspecified atom stereocenters. The lowest BCUT2D eigenvalue weighted by Crippen LogP contribution is -2.40. The standard InChI is InChI=1S/C21H22F3N5/c1-14-4-5-17(16(11-25)12-26-13-20(2,3)21(22,23)24)19(28-14)15-6-8-29-9-7-27-18(29)10-15/h4-12,25-26H,13H2,1-3H3/b16-12+,25-11?. The first-order valence-corrected chi connectivity index (χ1v) is 9.04. The molecule has 0 saturated heterocycles. The largest absolute Gasteiger partial charge is 0.395 e. The number of allylic oxidation sites excluding steroid dienone is 1. The Morgan fingerprint density at radius 3 is 2.66 bits per heavy atom. The molecule has 0 aliphatic heterocycles. The van der Waals surface area contributed by atoms with Crippen LogP contribution < -0.4 is 5.32 Å². The zero-order valence-corrected chi connectivity index (χ0v) is 16.4. The smallest absolute Gasteiger partial charge is 0.389 e. The Morgan fingerprint density at radius 1 is 1.21 bits per heavy atom. The maximum Gasteiger partial charge on any atom is 0.395 e. The van der Waals surface area contributed by atoms with E-state index in [4.69, 9.17) is 5.41 Å². The third-order valence-corrected chi connectivity index (χ3v) is 4.74. The molecule has 3 aromatic rings. The highest BCUT2D eigenvalue weighted by Crippen LogP contribution is 2.36. The molecule has 0 aliphatic carbocycles. The Morgan fingerprint density at radius 2 is 1.97 bits per heavy atom. The van der Waals surface area contributed by atoms with Crippen molar-refractivity contribution in [3.05, 3.63) is 60.3 Å². The molecule has 0 bridgehead atoms. The van der Waals surface area contributed by atoms with Gasteiger partial charge in [-0.05, 0) is 39.0 Å². The summed E-state index contributed by atoms with van der Waals surface area (Å²) in [6.45, 7) is 3.83. The van der Waals surface area contributed by atoms with Gasteiger partial charge in [0.2, 0.25) is 0 Å². The van der Waals surface area contributed by atoms with Crippen LogP contribution >= 0.6 is 0 Å². The second-order valence-electron chi connectivity index (χ2n) is 7.46. The molecule has 0 saturated carbocycles. The summed E-state index contributed by atoms with van der Waals surface area (Å²) in [6, 6.07) is 7.40.